The second kappa shape index (κ2) is 10.4. The number of rotatable bonds is 8. The van der Waals surface area contributed by atoms with E-state index in [1.165, 1.54) is 17.2 Å². The molecule has 0 spiro atoms. The lowest BCUT2D eigenvalue weighted by Gasteiger charge is -2.24. The van der Waals surface area contributed by atoms with Gasteiger partial charge in [0.25, 0.3) is 5.56 Å². The number of anilines is 2. The number of nitrogen functional groups attached to an aromatic ring is 2. The van der Waals surface area contributed by atoms with Crippen molar-refractivity contribution >= 4 is 53.0 Å². The van der Waals surface area contributed by atoms with Crippen LogP contribution in [0.25, 0.3) is 22.2 Å². The number of hydrogen-bond donors (Lipinski definition) is 6. The minimum absolute atomic E-state index is 0.0147. The van der Waals surface area contributed by atoms with Crippen molar-refractivity contribution in [1.82, 2.24) is 34.1 Å². The summed E-state index contributed by atoms with van der Waals surface area (Å²) < 4.78 is 39.4. The fourth-order valence-corrected chi connectivity index (χ4v) is 6.42. The monoisotopic (exact) mass is 595 g/mol. The first-order valence-electron chi connectivity index (χ1n) is 12.2. The number of H-pyrrole nitrogens is 1. The van der Waals surface area contributed by atoms with Crippen molar-refractivity contribution in [2.45, 2.75) is 49.7 Å². The lowest BCUT2D eigenvalue weighted by Crippen LogP contribution is -2.27. The van der Waals surface area contributed by atoms with Crippen LogP contribution in [0, 0.1) is 0 Å². The Morgan fingerprint density at radius 3 is 2.83 bits per heavy atom. The molecule has 2 aliphatic heterocycles. The lowest BCUT2D eigenvalue weighted by atomic mass is 10.2. The Hall–Kier alpha value is -3.09. The van der Waals surface area contributed by atoms with Gasteiger partial charge < -0.3 is 35.7 Å². The van der Waals surface area contributed by atoms with E-state index in [1.807, 2.05) is 0 Å². The summed E-state index contributed by atoms with van der Waals surface area (Å²) in [5, 5.41) is 20.9. The highest BCUT2D eigenvalue weighted by molar-refractivity contribution is 8.44. The molecule has 0 radical (unpaired) electrons. The molecule has 19 heteroatoms. The molecule has 0 aromatic carbocycles. The second-order valence-electron chi connectivity index (χ2n) is 9.40. The van der Waals surface area contributed by atoms with Crippen LogP contribution in [0.1, 0.15) is 25.3 Å². The fourth-order valence-electron chi connectivity index (χ4n) is 4.93. The number of nitrogens with two attached hydrogens (primary N) is 2. The second-order valence-corrected chi connectivity index (χ2v) is 12.3. The average molecular weight is 596 g/mol. The summed E-state index contributed by atoms with van der Waals surface area (Å²) in [6.07, 6.45) is -0.213. The molecular formula is C21H26N9O8PS. The van der Waals surface area contributed by atoms with Crippen LogP contribution in [0.3, 0.4) is 0 Å². The van der Waals surface area contributed by atoms with E-state index < -0.39 is 49.2 Å². The quantitative estimate of drug-likeness (QED) is 0.117. The van der Waals surface area contributed by atoms with Gasteiger partial charge in [-0.25, -0.2) is 19.5 Å². The van der Waals surface area contributed by atoms with Crippen molar-refractivity contribution in [2.75, 3.05) is 24.7 Å². The smallest absolute Gasteiger partial charge is 0.386 e. The molecule has 40 heavy (non-hydrogen) atoms. The topological polar surface area (TPSA) is 241 Å². The first-order chi connectivity index (χ1) is 19.1. The number of imidazole rings is 1. The van der Waals surface area contributed by atoms with E-state index in [4.69, 9.17) is 30.0 Å². The third-order valence-electron chi connectivity index (χ3n) is 6.80. The van der Waals surface area contributed by atoms with Crippen molar-refractivity contribution in [3.63, 3.8) is 0 Å². The van der Waals surface area contributed by atoms with Crippen LogP contribution < -0.4 is 17.0 Å². The molecule has 4 aromatic rings. The summed E-state index contributed by atoms with van der Waals surface area (Å²) in [5.74, 6) is 0.191. The van der Waals surface area contributed by atoms with Crippen molar-refractivity contribution < 1.29 is 33.3 Å². The molecule has 0 unspecified atom stereocenters. The average Bonchev–Trinajstić information content (AvgIpc) is 3.68. The van der Waals surface area contributed by atoms with Gasteiger partial charge >= 0.3 is 6.80 Å². The number of thiol groups is 1. The standard InChI is InChI=1S/C21H26N9O8PS/c22-16-10-1-2-29(17(10)25-7-24-16)14-4-11(32)13(37-14)6-35-39(34,40)38-12-3-9(5-31)36-20(12)30-8-26-15-18(30)27-21(23)28-19(15)33/h1-2,7-9,11-14,20,31-32H,3-6H2,(H,34,40)(H2,22,24,25)(H3,23,27,28,33)/t9-,11-,12+,13+,14+,20+,39+/m0/s1. The molecule has 7 N–H and O–H groups in total. The van der Waals surface area contributed by atoms with Gasteiger partial charge in [-0.2, -0.15) is 4.98 Å². The van der Waals surface area contributed by atoms with Gasteiger partial charge in [-0.3, -0.25) is 23.4 Å². The molecule has 0 amide bonds. The van der Waals surface area contributed by atoms with E-state index in [0.717, 1.165) is 0 Å². The zero-order valence-corrected chi connectivity index (χ0v) is 22.5. The van der Waals surface area contributed by atoms with Crippen LogP contribution in [-0.2, 0) is 23.1 Å². The third kappa shape index (κ3) is 4.97. The van der Waals surface area contributed by atoms with Crippen LogP contribution in [-0.4, -0.2) is 81.9 Å². The number of aromatic amines is 1. The van der Waals surface area contributed by atoms with E-state index in [1.54, 1.807) is 16.8 Å². The van der Waals surface area contributed by atoms with Crippen LogP contribution >= 0.6 is 19.0 Å². The molecule has 17 nitrogen and oxygen atoms in total. The Morgan fingerprint density at radius 2 is 2.02 bits per heavy atom. The van der Waals surface area contributed by atoms with Gasteiger partial charge in [0.2, 0.25) is 5.95 Å². The Bertz CT molecular complexity index is 1660. The number of hydrogen-bond acceptors (Lipinski definition) is 14. The third-order valence-corrected chi connectivity index (χ3v) is 8.44. The first-order valence-corrected chi connectivity index (χ1v) is 14.9. The number of nitrogens with one attached hydrogen (secondary N) is 1. The molecule has 0 aliphatic carbocycles. The number of aliphatic hydroxyl groups excluding tert-OH is 2. The normalized spacial score (nSPS) is 28.5. The highest BCUT2D eigenvalue weighted by atomic mass is 32.7. The van der Waals surface area contributed by atoms with Crippen LogP contribution in [0.5, 0.6) is 0 Å². The Labute approximate surface area is 230 Å². The maximum absolute atomic E-state index is 13.3. The molecule has 214 valence electrons. The number of nitrogens with zero attached hydrogens (tertiary/aromatic N) is 6. The van der Waals surface area contributed by atoms with Crippen LogP contribution in [0.2, 0.25) is 0 Å². The summed E-state index contributed by atoms with van der Waals surface area (Å²) in [5.41, 5.74) is 11.7. The van der Waals surface area contributed by atoms with Gasteiger partial charge in [-0.1, -0.05) is 12.2 Å². The predicted molar refractivity (Wildman–Crippen MR) is 142 cm³/mol. The molecule has 7 atom stereocenters. The van der Waals surface area contributed by atoms with Gasteiger partial charge in [0.15, 0.2) is 17.4 Å². The molecule has 0 bridgehead atoms. The summed E-state index contributed by atoms with van der Waals surface area (Å²) in [4.78, 5) is 30.9. The van der Waals surface area contributed by atoms with E-state index in [-0.39, 0.29) is 43.2 Å². The van der Waals surface area contributed by atoms with Crippen LogP contribution in [0.15, 0.2) is 29.7 Å². The van der Waals surface area contributed by atoms with E-state index in [9.17, 15) is 19.6 Å². The Balaban J connectivity index is 1.15. The summed E-state index contributed by atoms with van der Waals surface area (Å²) >= 11 is 4.11. The van der Waals surface area contributed by atoms with Gasteiger partial charge in [0.1, 0.15) is 36.2 Å². The number of aliphatic hydroxyl groups is 2. The van der Waals surface area contributed by atoms with Gasteiger partial charge in [0, 0.05) is 19.0 Å². The van der Waals surface area contributed by atoms with E-state index in [0.29, 0.717) is 16.9 Å². The zero-order chi connectivity index (χ0) is 28.2. The predicted octanol–water partition coefficient (Wildman–Crippen LogP) is 0.0968. The number of ether oxygens (including phenoxy) is 2. The number of fused-ring (bicyclic) bond motifs is 2. The highest BCUT2D eigenvalue weighted by Crippen LogP contribution is 2.57. The maximum atomic E-state index is 13.3. The SMILES string of the molecule is Nc1nc2c(ncn2[C@@H]2O[C@H](CO)C[C@H]2O[P@](=O)(S)OC[C@H]2O[C@@H](n3ccc4c(N)ncnc43)C[C@@H]2O)c(=O)[nH]1. The molecule has 2 fully saturated rings. The molecule has 6 heterocycles. The van der Waals surface area contributed by atoms with Crippen molar-refractivity contribution in [1.29, 1.82) is 0 Å². The zero-order valence-electron chi connectivity index (χ0n) is 20.7. The van der Waals surface area contributed by atoms with Gasteiger partial charge in [-0.05, 0) is 6.07 Å². The van der Waals surface area contributed by atoms with E-state index >= 15 is 0 Å². The molecule has 4 aromatic heterocycles. The minimum Gasteiger partial charge on any atom is -0.394 e. The molecule has 0 saturated carbocycles. The summed E-state index contributed by atoms with van der Waals surface area (Å²) in [6.45, 7) is -4.69. The van der Waals surface area contributed by atoms with Gasteiger partial charge in [-0.15, -0.1) is 0 Å². The lowest BCUT2D eigenvalue weighted by molar-refractivity contribution is -0.0519. The summed E-state index contributed by atoms with van der Waals surface area (Å²) in [7, 11) is 0. The van der Waals surface area contributed by atoms with Crippen molar-refractivity contribution in [2.24, 2.45) is 0 Å². The Morgan fingerprint density at radius 1 is 1.20 bits per heavy atom. The van der Waals surface area contributed by atoms with Crippen molar-refractivity contribution in [3.8, 4) is 0 Å². The van der Waals surface area contributed by atoms with Crippen LogP contribution in [0.4, 0.5) is 11.8 Å². The maximum Gasteiger partial charge on any atom is 0.386 e. The van der Waals surface area contributed by atoms with Gasteiger partial charge in [0.05, 0.1) is 37.1 Å². The molecule has 6 rings (SSSR count). The largest absolute Gasteiger partial charge is 0.394 e. The molecular weight excluding hydrogens is 569 g/mol. The Kier molecular flexibility index (Phi) is 7.04. The highest BCUT2D eigenvalue weighted by Gasteiger charge is 2.43. The van der Waals surface area contributed by atoms with Crippen molar-refractivity contribution in [3.05, 3.63) is 35.3 Å². The summed E-state index contributed by atoms with van der Waals surface area (Å²) in [6, 6.07) is 1.75. The van der Waals surface area contributed by atoms with E-state index in [2.05, 4.69) is 37.2 Å². The number of aromatic nitrogens is 7. The fraction of sp³-hybridized carbons (Fsp3) is 0.476. The first kappa shape index (κ1) is 27.1. The molecule has 2 saturated heterocycles. The minimum atomic E-state index is -4.05. The molecule has 2 aliphatic rings.